The Bertz CT molecular complexity index is 1210. The number of fused-ring (bicyclic) bond motifs is 1. The van der Waals surface area contributed by atoms with Crippen LogP contribution < -0.4 is 5.73 Å². The molecule has 12 heteroatoms. The van der Waals surface area contributed by atoms with Crippen molar-refractivity contribution in [3.05, 3.63) is 76.3 Å². The van der Waals surface area contributed by atoms with Gasteiger partial charge in [0.05, 0.1) is 23.9 Å². The molecule has 0 radical (unpaired) electrons. The molecular formula is C23H22ClF3N4O4. The van der Waals surface area contributed by atoms with Crippen LogP contribution in [0.25, 0.3) is 5.69 Å². The number of rotatable bonds is 3. The molecule has 3 N–H and O–H groups in total. The van der Waals surface area contributed by atoms with Gasteiger partial charge in [-0.15, -0.1) is 10.2 Å². The number of aliphatic hydroxyl groups is 1. The lowest BCUT2D eigenvalue weighted by molar-refractivity contribution is -0.309. The van der Waals surface area contributed by atoms with E-state index in [0.29, 0.717) is 0 Å². The summed E-state index contributed by atoms with van der Waals surface area (Å²) in [5, 5.41) is 19.1. The fraction of sp³-hybridized carbons (Fsp3) is 0.391. The number of ether oxygens (including phenoxy) is 3. The zero-order chi connectivity index (χ0) is 24.9. The molecule has 1 aromatic heterocycles. The number of hydrogen-bond acceptors (Lipinski definition) is 7. The molecule has 3 aromatic rings. The predicted octanol–water partition coefficient (Wildman–Crippen LogP) is 3.49. The largest absolute Gasteiger partial charge is 0.418 e. The maximum Gasteiger partial charge on any atom is 0.418 e. The number of aromatic nitrogens is 3. The number of nitrogens with zero attached hydrogens (tertiary/aromatic N) is 3. The number of alkyl halides is 3. The molecule has 186 valence electrons. The molecule has 0 amide bonds. The predicted molar refractivity (Wildman–Crippen MR) is 118 cm³/mol. The van der Waals surface area contributed by atoms with Crippen molar-refractivity contribution in [3.63, 3.8) is 0 Å². The number of aryl methyl sites for hydroxylation is 1. The minimum Gasteiger partial charge on any atom is -0.388 e. The lowest BCUT2D eigenvalue weighted by atomic mass is 9.92. The molecule has 4 unspecified atom stereocenters. The number of nitrogens with two attached hydrogens (primary N) is 1. The summed E-state index contributed by atoms with van der Waals surface area (Å²) in [7, 11) is 0. The van der Waals surface area contributed by atoms with Crippen molar-refractivity contribution in [1.82, 2.24) is 14.8 Å². The van der Waals surface area contributed by atoms with Gasteiger partial charge in [0.15, 0.2) is 12.1 Å². The van der Waals surface area contributed by atoms with E-state index in [1.165, 1.54) is 17.6 Å². The van der Waals surface area contributed by atoms with Crippen LogP contribution in [-0.2, 0) is 20.4 Å². The van der Waals surface area contributed by atoms with Crippen LogP contribution in [-0.4, -0.2) is 50.8 Å². The van der Waals surface area contributed by atoms with Crippen molar-refractivity contribution in [1.29, 1.82) is 0 Å². The van der Waals surface area contributed by atoms with E-state index in [9.17, 15) is 18.3 Å². The zero-order valence-corrected chi connectivity index (χ0v) is 19.1. The maximum absolute atomic E-state index is 13.8. The average molecular weight is 511 g/mol. The molecule has 2 fully saturated rings. The van der Waals surface area contributed by atoms with Gasteiger partial charge in [0.1, 0.15) is 30.2 Å². The zero-order valence-electron chi connectivity index (χ0n) is 18.4. The second kappa shape index (κ2) is 9.16. The lowest BCUT2D eigenvalue weighted by Crippen LogP contribution is -2.62. The highest BCUT2D eigenvalue weighted by atomic mass is 35.5. The summed E-state index contributed by atoms with van der Waals surface area (Å²) >= 11 is 6.03. The van der Waals surface area contributed by atoms with Gasteiger partial charge in [-0.3, -0.25) is 4.57 Å². The molecule has 0 spiro atoms. The third-order valence-electron chi connectivity index (χ3n) is 6.15. The third kappa shape index (κ3) is 4.44. The quantitative estimate of drug-likeness (QED) is 0.556. The lowest BCUT2D eigenvalue weighted by Gasteiger charge is -2.46. The van der Waals surface area contributed by atoms with Crippen molar-refractivity contribution >= 4 is 11.6 Å². The van der Waals surface area contributed by atoms with Crippen LogP contribution in [0, 0.1) is 6.92 Å². The highest BCUT2D eigenvalue weighted by Gasteiger charge is 2.50. The van der Waals surface area contributed by atoms with E-state index in [0.717, 1.165) is 17.7 Å². The molecule has 2 saturated heterocycles. The number of benzene rings is 2. The van der Waals surface area contributed by atoms with Crippen molar-refractivity contribution in [2.24, 2.45) is 5.73 Å². The smallest absolute Gasteiger partial charge is 0.388 e. The van der Waals surface area contributed by atoms with Crippen LogP contribution in [0.5, 0.6) is 0 Å². The molecule has 2 aromatic carbocycles. The van der Waals surface area contributed by atoms with E-state index >= 15 is 0 Å². The average Bonchev–Trinajstić information content (AvgIpc) is 3.21. The summed E-state index contributed by atoms with van der Waals surface area (Å²) in [6.45, 7) is 1.59. The first kappa shape index (κ1) is 24.2. The fourth-order valence-electron chi connectivity index (χ4n) is 4.46. The highest BCUT2D eigenvalue weighted by Crippen LogP contribution is 2.41. The Labute approximate surface area is 203 Å². The van der Waals surface area contributed by atoms with Crippen LogP contribution in [0.1, 0.15) is 35.2 Å². The van der Waals surface area contributed by atoms with Crippen molar-refractivity contribution < 1.29 is 32.5 Å². The van der Waals surface area contributed by atoms with E-state index in [4.69, 9.17) is 31.5 Å². The maximum atomic E-state index is 13.8. The van der Waals surface area contributed by atoms with Crippen LogP contribution in [0.4, 0.5) is 13.2 Å². The van der Waals surface area contributed by atoms with E-state index in [1.54, 1.807) is 0 Å². The Morgan fingerprint density at radius 1 is 1.11 bits per heavy atom. The Morgan fingerprint density at radius 2 is 1.86 bits per heavy atom. The molecule has 6 atom stereocenters. The van der Waals surface area contributed by atoms with Gasteiger partial charge in [-0.05, 0) is 25.1 Å². The standard InChI is InChI=1S/C23H22ClF3N4O4/c1-11-29-30-21(31(11)15-9-13(24)7-8-14(15)23(25,26)27)20-18(32)17(28)19-16(34-20)10-33-22(35-19)12-5-3-2-4-6-12/h2-9,16-20,22,32H,10,28H2,1H3/t16?,17?,18?,19-,20+,22?/m0/s1. The Kier molecular flexibility index (Phi) is 6.32. The van der Waals surface area contributed by atoms with Gasteiger partial charge < -0.3 is 25.1 Å². The number of halogens is 4. The molecule has 35 heavy (non-hydrogen) atoms. The minimum atomic E-state index is -4.67. The van der Waals surface area contributed by atoms with Gasteiger partial charge in [0.2, 0.25) is 0 Å². The number of aliphatic hydroxyl groups excluding tert-OH is 1. The highest BCUT2D eigenvalue weighted by molar-refractivity contribution is 6.30. The molecule has 2 aliphatic heterocycles. The van der Waals surface area contributed by atoms with Gasteiger partial charge >= 0.3 is 6.18 Å². The van der Waals surface area contributed by atoms with Crippen molar-refractivity contribution in [2.45, 2.75) is 49.8 Å². The Morgan fingerprint density at radius 3 is 2.57 bits per heavy atom. The molecule has 8 nitrogen and oxygen atoms in total. The van der Waals surface area contributed by atoms with E-state index in [-0.39, 0.29) is 29.0 Å². The van der Waals surface area contributed by atoms with Crippen LogP contribution in [0.2, 0.25) is 5.02 Å². The first-order valence-corrected chi connectivity index (χ1v) is 11.2. The van der Waals surface area contributed by atoms with E-state index < -0.39 is 48.5 Å². The summed E-state index contributed by atoms with van der Waals surface area (Å²) in [6.07, 6.45) is -9.30. The van der Waals surface area contributed by atoms with E-state index in [1.807, 2.05) is 30.3 Å². The third-order valence-corrected chi connectivity index (χ3v) is 6.38. The fourth-order valence-corrected chi connectivity index (χ4v) is 4.62. The molecule has 5 rings (SSSR count). The summed E-state index contributed by atoms with van der Waals surface area (Å²) in [5.74, 6) is 0.112. The summed E-state index contributed by atoms with van der Waals surface area (Å²) in [5.41, 5.74) is 5.91. The second-order valence-corrected chi connectivity index (χ2v) is 8.88. The molecule has 0 bridgehead atoms. The SMILES string of the molecule is Cc1nnc([C@@H]2OC3COC(c4ccccc4)O[C@@H]3C(N)C2O)n1-c1cc(Cl)ccc1C(F)(F)F. The Balaban J connectivity index is 1.48. The topological polar surface area (TPSA) is 105 Å². The van der Waals surface area contributed by atoms with Crippen LogP contribution >= 0.6 is 11.6 Å². The first-order chi connectivity index (χ1) is 16.6. The van der Waals surface area contributed by atoms with Gasteiger partial charge in [0, 0.05) is 10.6 Å². The van der Waals surface area contributed by atoms with Crippen LogP contribution in [0.15, 0.2) is 48.5 Å². The second-order valence-electron chi connectivity index (χ2n) is 8.44. The summed E-state index contributed by atoms with van der Waals surface area (Å²) in [6, 6.07) is 11.5. The summed E-state index contributed by atoms with van der Waals surface area (Å²) in [4.78, 5) is 0. The van der Waals surface area contributed by atoms with E-state index in [2.05, 4.69) is 10.2 Å². The molecule has 3 heterocycles. The van der Waals surface area contributed by atoms with Gasteiger partial charge in [-0.1, -0.05) is 41.9 Å². The van der Waals surface area contributed by atoms with Crippen molar-refractivity contribution in [3.8, 4) is 5.69 Å². The molecule has 2 aliphatic rings. The monoisotopic (exact) mass is 510 g/mol. The van der Waals surface area contributed by atoms with Gasteiger partial charge in [-0.2, -0.15) is 13.2 Å². The minimum absolute atomic E-state index is 0.0400. The van der Waals surface area contributed by atoms with Gasteiger partial charge in [0.25, 0.3) is 0 Å². The molecule has 0 saturated carbocycles. The normalized spacial score (nSPS) is 29.1. The number of hydrogen-bond donors (Lipinski definition) is 2. The summed E-state index contributed by atoms with van der Waals surface area (Å²) < 4.78 is 60.4. The van der Waals surface area contributed by atoms with Gasteiger partial charge in [-0.25, -0.2) is 0 Å². The molecule has 0 aliphatic carbocycles. The Hall–Kier alpha value is -2.54. The first-order valence-electron chi connectivity index (χ1n) is 10.9. The molecular weight excluding hydrogens is 489 g/mol. The van der Waals surface area contributed by atoms with Crippen molar-refractivity contribution in [2.75, 3.05) is 6.61 Å². The van der Waals surface area contributed by atoms with Crippen LogP contribution in [0.3, 0.4) is 0 Å².